The Morgan fingerprint density at radius 3 is 2.68 bits per heavy atom. The monoisotopic (exact) mass is 518 g/mol. The number of methoxy groups -OCH3 is 2. The van der Waals surface area contributed by atoms with Crippen LogP contribution in [0.3, 0.4) is 0 Å². The van der Waals surface area contributed by atoms with Crippen LogP contribution >= 0.6 is 0 Å². The normalized spacial score (nSPS) is 19.8. The summed E-state index contributed by atoms with van der Waals surface area (Å²) in [6.45, 7) is 0.572. The zero-order valence-electron chi connectivity index (χ0n) is 21.2. The number of carbonyl (C=O) groups is 1. The van der Waals surface area contributed by atoms with Crippen molar-refractivity contribution >= 4 is 23.1 Å². The number of carbonyl (C=O) groups excluding carboxylic acids is 1. The largest absolute Gasteiger partial charge is 0.496 e. The molecule has 0 radical (unpaired) electrons. The predicted molar refractivity (Wildman–Crippen MR) is 141 cm³/mol. The van der Waals surface area contributed by atoms with Crippen molar-refractivity contribution in [2.24, 2.45) is 5.73 Å². The van der Waals surface area contributed by atoms with Gasteiger partial charge in [0.15, 0.2) is 0 Å². The molecule has 1 aliphatic heterocycles. The van der Waals surface area contributed by atoms with Crippen molar-refractivity contribution in [3.8, 4) is 22.8 Å². The molecule has 5 N–H and O–H groups in total. The minimum atomic E-state index is -1.50. The Labute approximate surface area is 219 Å². The molecule has 2 aromatic carbocycles. The maximum Gasteiger partial charge on any atom is 0.245 e. The predicted octanol–water partition coefficient (Wildman–Crippen LogP) is 1.90. The van der Waals surface area contributed by atoms with Crippen molar-refractivity contribution in [3.05, 3.63) is 66.4 Å². The molecule has 11 nitrogen and oxygen atoms in total. The number of aliphatic hydroxyl groups excluding tert-OH is 1. The molecule has 1 amide bonds. The summed E-state index contributed by atoms with van der Waals surface area (Å²) in [7, 11) is 3.16. The second kappa shape index (κ2) is 10.3. The molecule has 0 aliphatic carbocycles. The van der Waals surface area contributed by atoms with E-state index >= 15 is 0 Å². The van der Waals surface area contributed by atoms with Crippen LogP contribution in [0, 0.1) is 0 Å². The number of hydrogen-bond donors (Lipinski definition) is 4. The number of anilines is 2. The summed E-state index contributed by atoms with van der Waals surface area (Å²) in [5, 5.41) is 29.9. The maximum atomic E-state index is 11.3. The highest BCUT2D eigenvalue weighted by Crippen LogP contribution is 2.38. The Morgan fingerprint density at radius 2 is 1.95 bits per heavy atom. The number of fused-ring (bicyclic) bond motifs is 1. The zero-order valence-corrected chi connectivity index (χ0v) is 21.2. The van der Waals surface area contributed by atoms with Crippen molar-refractivity contribution in [3.63, 3.8) is 0 Å². The number of hydrogen-bond acceptors (Lipinski definition) is 9. The number of ether oxygens (including phenoxy) is 2. The fourth-order valence-corrected chi connectivity index (χ4v) is 4.89. The third kappa shape index (κ3) is 4.74. The first-order valence-corrected chi connectivity index (χ1v) is 12.2. The second-order valence-corrected chi connectivity index (χ2v) is 9.27. The van der Waals surface area contributed by atoms with Gasteiger partial charge in [-0.05, 0) is 48.4 Å². The first kappa shape index (κ1) is 25.5. The van der Waals surface area contributed by atoms with Gasteiger partial charge in [0.05, 0.1) is 50.0 Å². The molecule has 38 heavy (non-hydrogen) atoms. The van der Waals surface area contributed by atoms with Crippen molar-refractivity contribution in [2.75, 3.05) is 39.2 Å². The Morgan fingerprint density at radius 1 is 1.16 bits per heavy atom. The van der Waals surface area contributed by atoms with Crippen LogP contribution in [0.2, 0.25) is 0 Å². The van der Waals surface area contributed by atoms with E-state index in [1.807, 2.05) is 36.4 Å². The van der Waals surface area contributed by atoms with E-state index in [4.69, 9.17) is 15.2 Å². The molecule has 5 rings (SSSR count). The number of nitrogens with zero attached hydrogens (tertiary/aromatic N) is 4. The summed E-state index contributed by atoms with van der Waals surface area (Å²) in [4.78, 5) is 17.4. The van der Waals surface area contributed by atoms with Gasteiger partial charge in [0.25, 0.3) is 0 Å². The third-order valence-corrected chi connectivity index (χ3v) is 6.90. The van der Waals surface area contributed by atoms with Gasteiger partial charge in [0, 0.05) is 18.7 Å². The average molecular weight is 519 g/mol. The van der Waals surface area contributed by atoms with Gasteiger partial charge < -0.3 is 30.7 Å². The molecule has 4 aromatic rings. The van der Waals surface area contributed by atoms with E-state index in [1.54, 1.807) is 40.9 Å². The second-order valence-electron chi connectivity index (χ2n) is 9.27. The van der Waals surface area contributed by atoms with Crippen molar-refractivity contribution < 1.29 is 24.5 Å². The van der Waals surface area contributed by atoms with Crippen LogP contribution < -0.4 is 20.5 Å². The van der Waals surface area contributed by atoms with Gasteiger partial charge >= 0.3 is 0 Å². The summed E-state index contributed by atoms with van der Waals surface area (Å²) in [6, 6.07) is 16.8. The number of likely N-dealkylation sites (tertiary alicyclic amines) is 1. The molecule has 0 unspecified atom stereocenters. The Balaban J connectivity index is 1.42. The van der Waals surface area contributed by atoms with Crippen molar-refractivity contribution in [1.82, 2.24) is 19.5 Å². The first-order chi connectivity index (χ1) is 18.3. The van der Waals surface area contributed by atoms with Crippen LogP contribution in [-0.4, -0.2) is 75.6 Å². The molecule has 0 bridgehead atoms. The number of aliphatic hydroxyl groups is 2. The van der Waals surface area contributed by atoms with Gasteiger partial charge in [-0.25, -0.2) is 9.50 Å². The number of β-amino-alcohol motifs (C(OH)–C–C–N with tert-alkyl or cyclic N) is 1. The van der Waals surface area contributed by atoms with Crippen LogP contribution in [0.4, 0.5) is 11.6 Å². The number of nitrogens with one attached hydrogen (secondary N) is 1. The average Bonchev–Trinajstić information content (AvgIpc) is 3.34. The number of aromatic nitrogens is 3. The minimum absolute atomic E-state index is 0.0316. The highest BCUT2D eigenvalue weighted by atomic mass is 16.5. The zero-order chi connectivity index (χ0) is 26.9. The Bertz CT molecular complexity index is 1470. The lowest BCUT2D eigenvalue weighted by atomic mass is 9.82. The lowest BCUT2D eigenvalue weighted by molar-refractivity contribution is -0.133. The molecule has 1 saturated heterocycles. The van der Waals surface area contributed by atoms with Gasteiger partial charge in [-0.1, -0.05) is 18.2 Å². The quantitative estimate of drug-likeness (QED) is 0.274. The van der Waals surface area contributed by atoms with Gasteiger partial charge in [-0.15, -0.1) is 5.10 Å². The molecule has 11 heteroatoms. The summed E-state index contributed by atoms with van der Waals surface area (Å²) < 4.78 is 12.9. The number of piperidine rings is 1. The van der Waals surface area contributed by atoms with Crippen molar-refractivity contribution in [2.45, 2.75) is 18.1 Å². The number of nitrogens with two attached hydrogens (primary N) is 1. The fourth-order valence-electron chi connectivity index (χ4n) is 4.89. The molecule has 1 fully saturated rings. The molecule has 0 spiro atoms. The number of amides is 1. The first-order valence-electron chi connectivity index (χ1n) is 12.2. The van der Waals surface area contributed by atoms with Crippen LogP contribution in [0.5, 0.6) is 11.5 Å². The molecule has 3 heterocycles. The Kier molecular flexibility index (Phi) is 6.89. The van der Waals surface area contributed by atoms with Crippen LogP contribution in [0.25, 0.3) is 16.8 Å². The standard InChI is InChI=1S/C27H30N6O5/c1-37-22-6-4-3-5-19(22)21-10-8-18-14-29-26(31-33(18)21)30-20-9-7-17(13-23(20)38-2)27(36)11-12-32(15-24(27)34)16-25(28)35/h3-10,13-14,24,34,36H,11-12,15-16H2,1-2H3,(H2,28,35)(H,30,31)/t24-,27-/m1/s1. The highest BCUT2D eigenvalue weighted by molar-refractivity contribution is 5.76. The van der Waals surface area contributed by atoms with Gasteiger partial charge in [0.1, 0.15) is 17.1 Å². The molecule has 1 aliphatic rings. The summed E-state index contributed by atoms with van der Waals surface area (Å²) in [5.74, 6) is 1.05. The molecule has 198 valence electrons. The van der Waals surface area contributed by atoms with E-state index in [0.717, 1.165) is 22.5 Å². The third-order valence-electron chi connectivity index (χ3n) is 6.90. The van der Waals surface area contributed by atoms with E-state index in [-0.39, 0.29) is 19.5 Å². The molecular weight excluding hydrogens is 488 g/mol. The topological polar surface area (TPSA) is 147 Å². The summed E-state index contributed by atoms with van der Waals surface area (Å²) >= 11 is 0. The smallest absolute Gasteiger partial charge is 0.245 e. The van der Waals surface area contributed by atoms with E-state index in [0.29, 0.717) is 29.5 Å². The van der Waals surface area contributed by atoms with E-state index in [9.17, 15) is 15.0 Å². The van der Waals surface area contributed by atoms with Crippen LogP contribution in [0.15, 0.2) is 60.8 Å². The number of benzene rings is 2. The maximum absolute atomic E-state index is 11.3. The molecular formula is C27H30N6O5. The van der Waals surface area contributed by atoms with Gasteiger partial charge in [-0.2, -0.15) is 0 Å². The molecule has 0 saturated carbocycles. The van der Waals surface area contributed by atoms with Crippen molar-refractivity contribution in [1.29, 1.82) is 0 Å². The number of para-hydroxylation sites is 1. The van der Waals surface area contributed by atoms with Crippen LogP contribution in [-0.2, 0) is 10.4 Å². The Hall–Kier alpha value is -4.19. The van der Waals surface area contributed by atoms with Gasteiger partial charge in [-0.3, -0.25) is 9.69 Å². The SMILES string of the molecule is COc1cc([C@]2(O)CCN(CC(N)=O)C[C@H]2O)ccc1Nc1ncc2ccc(-c3ccccc3OC)n2n1. The summed E-state index contributed by atoms with van der Waals surface area (Å²) in [6.07, 6.45) is 0.844. The summed E-state index contributed by atoms with van der Waals surface area (Å²) in [5.41, 5.74) is 7.44. The number of rotatable bonds is 8. The highest BCUT2D eigenvalue weighted by Gasteiger charge is 2.42. The fraction of sp³-hybridized carbons (Fsp3) is 0.296. The van der Waals surface area contributed by atoms with E-state index in [2.05, 4.69) is 15.4 Å². The number of primary amides is 1. The molecule has 2 atom stereocenters. The minimum Gasteiger partial charge on any atom is -0.496 e. The van der Waals surface area contributed by atoms with Gasteiger partial charge in [0.2, 0.25) is 11.9 Å². The van der Waals surface area contributed by atoms with E-state index < -0.39 is 17.6 Å². The molecule has 2 aromatic heterocycles. The van der Waals surface area contributed by atoms with E-state index in [1.165, 1.54) is 7.11 Å². The lowest BCUT2D eigenvalue weighted by Gasteiger charge is -2.42. The van der Waals surface area contributed by atoms with Crippen LogP contribution in [0.1, 0.15) is 12.0 Å². The lowest BCUT2D eigenvalue weighted by Crippen LogP contribution is -2.54.